The summed E-state index contributed by atoms with van der Waals surface area (Å²) in [5.74, 6) is -1.44. The van der Waals surface area contributed by atoms with Crippen molar-refractivity contribution in [3.05, 3.63) is 39.9 Å². The van der Waals surface area contributed by atoms with Crippen LogP contribution in [0.4, 0.5) is 0 Å². The van der Waals surface area contributed by atoms with E-state index in [1.54, 1.807) is 0 Å². The lowest BCUT2D eigenvalue weighted by Gasteiger charge is -2.02. The summed E-state index contributed by atoms with van der Waals surface area (Å²) in [5, 5.41) is 9.66. The largest absolute Gasteiger partial charge is 0.476 e. The zero-order chi connectivity index (χ0) is 14.2. The third-order valence-electron chi connectivity index (χ3n) is 2.77. The van der Waals surface area contributed by atoms with Crippen molar-refractivity contribution in [3.8, 4) is 10.6 Å². The number of hydrogen-bond donors (Lipinski definition) is 1. The van der Waals surface area contributed by atoms with Gasteiger partial charge in [0.05, 0.1) is 0 Å². The van der Waals surface area contributed by atoms with Crippen molar-refractivity contribution in [3.63, 3.8) is 0 Å². The van der Waals surface area contributed by atoms with Crippen LogP contribution < -0.4 is 0 Å². The minimum Gasteiger partial charge on any atom is -0.476 e. The second-order valence-corrected chi connectivity index (χ2v) is 5.38. The quantitative estimate of drug-likeness (QED) is 0.872. The van der Waals surface area contributed by atoms with Crippen LogP contribution in [0.1, 0.15) is 38.2 Å². The maximum atomic E-state index is 11.5. The Kier molecular flexibility index (Phi) is 3.48. The average molecular weight is 275 g/mol. The number of carboxylic acids is 1. The van der Waals surface area contributed by atoms with E-state index in [1.165, 1.54) is 6.92 Å². The molecule has 19 heavy (non-hydrogen) atoms. The number of aryl methyl sites for hydroxylation is 2. The van der Waals surface area contributed by atoms with Crippen LogP contribution in [0.2, 0.25) is 0 Å². The number of aromatic nitrogens is 1. The summed E-state index contributed by atoms with van der Waals surface area (Å²) in [4.78, 5) is 26.9. The fourth-order valence-corrected chi connectivity index (χ4v) is 2.82. The molecule has 0 fully saturated rings. The molecule has 0 amide bonds. The first kappa shape index (κ1) is 13.4. The molecule has 2 aromatic rings. The predicted molar refractivity (Wildman–Crippen MR) is 74.0 cm³/mol. The lowest BCUT2D eigenvalue weighted by molar-refractivity contribution is 0.0687. The Morgan fingerprint density at radius 3 is 2.47 bits per heavy atom. The van der Waals surface area contributed by atoms with Gasteiger partial charge in [-0.15, -0.1) is 11.3 Å². The molecule has 0 aliphatic carbocycles. The van der Waals surface area contributed by atoms with E-state index in [0.29, 0.717) is 5.01 Å². The van der Waals surface area contributed by atoms with Gasteiger partial charge in [-0.05, 0) is 25.5 Å². The van der Waals surface area contributed by atoms with Crippen molar-refractivity contribution in [1.29, 1.82) is 0 Å². The van der Waals surface area contributed by atoms with E-state index in [-0.39, 0.29) is 16.4 Å². The van der Waals surface area contributed by atoms with Crippen LogP contribution in [0, 0.1) is 13.8 Å². The smallest absolute Gasteiger partial charge is 0.356 e. The van der Waals surface area contributed by atoms with E-state index in [1.807, 2.05) is 32.0 Å². The number of carbonyl (C=O) groups is 2. The van der Waals surface area contributed by atoms with Gasteiger partial charge in [0.2, 0.25) is 0 Å². The SMILES string of the molecule is CC(=O)c1sc(-c2cc(C)ccc2C)nc1C(=O)O. The molecule has 0 aliphatic heterocycles. The topological polar surface area (TPSA) is 67.3 Å². The van der Waals surface area contributed by atoms with E-state index in [0.717, 1.165) is 28.0 Å². The zero-order valence-electron chi connectivity index (χ0n) is 10.9. The molecule has 1 aromatic heterocycles. The third-order valence-corrected chi connectivity index (χ3v) is 3.96. The highest BCUT2D eigenvalue weighted by Crippen LogP contribution is 2.31. The number of rotatable bonds is 3. The molecule has 5 heteroatoms. The summed E-state index contributed by atoms with van der Waals surface area (Å²) in [6.07, 6.45) is 0. The van der Waals surface area contributed by atoms with Crippen LogP contribution in [-0.2, 0) is 0 Å². The fourth-order valence-electron chi connectivity index (χ4n) is 1.79. The highest BCUT2D eigenvalue weighted by molar-refractivity contribution is 7.17. The number of hydrogen-bond acceptors (Lipinski definition) is 4. The zero-order valence-corrected chi connectivity index (χ0v) is 11.7. The molecule has 4 nitrogen and oxygen atoms in total. The van der Waals surface area contributed by atoms with Gasteiger partial charge < -0.3 is 5.11 Å². The highest BCUT2D eigenvalue weighted by atomic mass is 32.1. The van der Waals surface area contributed by atoms with E-state index >= 15 is 0 Å². The standard InChI is InChI=1S/C14H13NO3S/c1-7-4-5-8(2)10(6-7)13-15-11(14(17)18)12(19-13)9(3)16/h4-6H,1-3H3,(H,17,18). The van der Waals surface area contributed by atoms with Crippen molar-refractivity contribution in [2.24, 2.45) is 0 Å². The average Bonchev–Trinajstić information content (AvgIpc) is 2.77. The first-order valence-corrected chi connectivity index (χ1v) is 6.54. The molecule has 98 valence electrons. The molecule has 0 saturated carbocycles. The molecule has 2 rings (SSSR count). The van der Waals surface area contributed by atoms with Gasteiger partial charge in [0.1, 0.15) is 9.88 Å². The Morgan fingerprint density at radius 2 is 1.95 bits per heavy atom. The number of carbonyl (C=O) groups excluding carboxylic acids is 1. The van der Waals surface area contributed by atoms with Gasteiger partial charge >= 0.3 is 5.97 Å². The molecule has 0 saturated heterocycles. The third kappa shape index (κ3) is 2.56. The summed E-state index contributed by atoms with van der Waals surface area (Å²) >= 11 is 1.13. The predicted octanol–water partition coefficient (Wildman–Crippen LogP) is 3.33. The van der Waals surface area contributed by atoms with Crippen LogP contribution in [0.15, 0.2) is 18.2 Å². The van der Waals surface area contributed by atoms with Crippen molar-refractivity contribution < 1.29 is 14.7 Å². The summed E-state index contributed by atoms with van der Waals surface area (Å²) in [5.41, 5.74) is 2.79. The maximum absolute atomic E-state index is 11.5. The van der Waals surface area contributed by atoms with E-state index in [4.69, 9.17) is 5.11 Å². The molecule has 0 bridgehead atoms. The first-order chi connectivity index (χ1) is 8.90. The number of carboxylic acid groups (broad SMARTS) is 1. The minimum absolute atomic E-state index is 0.159. The van der Waals surface area contributed by atoms with Crippen LogP contribution in [0.25, 0.3) is 10.6 Å². The second-order valence-electron chi connectivity index (χ2n) is 4.38. The molecule has 1 aromatic carbocycles. The van der Waals surface area contributed by atoms with E-state index in [2.05, 4.69) is 4.98 Å². The van der Waals surface area contributed by atoms with Gasteiger partial charge in [-0.25, -0.2) is 9.78 Å². The molecular formula is C14H13NO3S. The van der Waals surface area contributed by atoms with Gasteiger partial charge in [-0.2, -0.15) is 0 Å². The van der Waals surface area contributed by atoms with Crippen LogP contribution in [-0.4, -0.2) is 21.8 Å². The summed E-state index contributed by atoms with van der Waals surface area (Å²) in [6.45, 7) is 5.25. The van der Waals surface area contributed by atoms with Crippen LogP contribution in [0.5, 0.6) is 0 Å². The Labute approximate surface area is 114 Å². The fraction of sp³-hybridized carbons (Fsp3) is 0.214. The summed E-state index contributed by atoms with van der Waals surface area (Å²) in [6, 6.07) is 5.89. The first-order valence-electron chi connectivity index (χ1n) is 5.73. The monoisotopic (exact) mass is 275 g/mol. The Morgan fingerprint density at radius 1 is 1.26 bits per heavy atom. The summed E-state index contributed by atoms with van der Waals surface area (Å²) in [7, 11) is 0. The van der Waals surface area contributed by atoms with Crippen molar-refractivity contribution >= 4 is 23.1 Å². The van der Waals surface area contributed by atoms with Crippen molar-refractivity contribution in [1.82, 2.24) is 4.98 Å². The molecular weight excluding hydrogens is 262 g/mol. The van der Waals surface area contributed by atoms with Gasteiger partial charge in [0.25, 0.3) is 0 Å². The molecule has 1 heterocycles. The van der Waals surface area contributed by atoms with Crippen LogP contribution >= 0.6 is 11.3 Å². The number of aromatic carboxylic acids is 1. The number of Topliss-reactive ketones (excluding diaryl/α,β-unsaturated/α-hetero) is 1. The molecule has 0 aliphatic rings. The van der Waals surface area contributed by atoms with Gasteiger partial charge in [-0.1, -0.05) is 17.7 Å². The molecule has 0 radical (unpaired) electrons. The number of thiazole rings is 1. The lowest BCUT2D eigenvalue weighted by Crippen LogP contribution is -2.03. The highest BCUT2D eigenvalue weighted by Gasteiger charge is 2.21. The Bertz CT molecular complexity index is 642. The Hall–Kier alpha value is -2.01. The van der Waals surface area contributed by atoms with Crippen molar-refractivity contribution in [2.45, 2.75) is 20.8 Å². The van der Waals surface area contributed by atoms with Crippen LogP contribution in [0.3, 0.4) is 0 Å². The lowest BCUT2D eigenvalue weighted by atomic mass is 10.1. The normalized spacial score (nSPS) is 10.5. The van der Waals surface area contributed by atoms with Gasteiger partial charge in [0, 0.05) is 12.5 Å². The second kappa shape index (κ2) is 4.93. The van der Waals surface area contributed by atoms with E-state index in [9.17, 15) is 9.59 Å². The number of ketones is 1. The van der Waals surface area contributed by atoms with Gasteiger partial charge in [0.15, 0.2) is 11.5 Å². The summed E-state index contributed by atoms with van der Waals surface area (Å²) < 4.78 is 0. The van der Waals surface area contributed by atoms with E-state index < -0.39 is 5.97 Å². The molecule has 0 atom stereocenters. The number of nitrogens with zero attached hydrogens (tertiary/aromatic N) is 1. The minimum atomic E-state index is -1.17. The van der Waals surface area contributed by atoms with Gasteiger partial charge in [-0.3, -0.25) is 4.79 Å². The molecule has 0 spiro atoms. The molecule has 1 N–H and O–H groups in total. The Balaban J connectivity index is 2.64. The van der Waals surface area contributed by atoms with Crippen molar-refractivity contribution in [2.75, 3.05) is 0 Å². The molecule has 0 unspecified atom stereocenters. The maximum Gasteiger partial charge on any atom is 0.356 e. The number of benzene rings is 1.